The van der Waals surface area contributed by atoms with Crippen molar-refractivity contribution >= 4 is 21.8 Å². The zero-order valence-corrected chi connectivity index (χ0v) is 16.4. The summed E-state index contributed by atoms with van der Waals surface area (Å²) in [5.74, 6) is -0.428. The maximum atomic E-state index is 12.3. The summed E-state index contributed by atoms with van der Waals surface area (Å²) in [5.41, 5.74) is 5.15. The number of benzene rings is 2. The maximum absolute atomic E-state index is 12.3. The minimum absolute atomic E-state index is 0.0270. The lowest BCUT2D eigenvalue weighted by Crippen LogP contribution is -2.41. The van der Waals surface area contributed by atoms with Crippen LogP contribution in [0.2, 0.25) is 0 Å². The zero-order chi connectivity index (χ0) is 20.9. The van der Waals surface area contributed by atoms with Gasteiger partial charge in [-0.1, -0.05) is 6.07 Å². The molecule has 0 aliphatic heterocycles. The molecule has 2 rings (SSSR count). The third kappa shape index (κ3) is 4.99. The number of nitrogens with two attached hydrogens (primary N) is 1. The van der Waals surface area contributed by atoms with Crippen LogP contribution in [0.3, 0.4) is 0 Å². The lowest BCUT2D eigenvalue weighted by molar-refractivity contribution is 0.0846. The summed E-state index contributed by atoms with van der Waals surface area (Å²) in [6.07, 6.45) is 0. The maximum Gasteiger partial charge on any atom is 0.269 e. The first-order chi connectivity index (χ1) is 13.2. The molecule has 9 nitrogen and oxygen atoms in total. The van der Waals surface area contributed by atoms with Crippen LogP contribution < -0.4 is 25.5 Å². The smallest absolute Gasteiger partial charge is 0.269 e. The zero-order valence-electron chi connectivity index (χ0n) is 15.6. The molecule has 2 aromatic rings. The topological polar surface area (TPSA) is 137 Å². The van der Waals surface area contributed by atoms with E-state index in [9.17, 15) is 18.0 Å². The molecule has 2 aromatic carbocycles. The molecule has 0 radical (unpaired) electrons. The molecule has 0 bridgehead atoms. The minimum Gasteiger partial charge on any atom is -0.493 e. The van der Waals surface area contributed by atoms with Gasteiger partial charge >= 0.3 is 0 Å². The third-order valence-corrected chi connectivity index (χ3v) is 4.82. The Morgan fingerprint density at radius 3 is 2.11 bits per heavy atom. The second-order valence-corrected chi connectivity index (χ2v) is 7.26. The third-order valence-electron chi connectivity index (χ3n) is 3.77. The van der Waals surface area contributed by atoms with Gasteiger partial charge in [0.15, 0.2) is 11.5 Å². The number of nitrogens with one attached hydrogen (secondary N) is 2. The van der Waals surface area contributed by atoms with Gasteiger partial charge in [-0.05, 0) is 49.7 Å². The van der Waals surface area contributed by atoms with Gasteiger partial charge in [0.2, 0.25) is 10.0 Å². The second kappa shape index (κ2) is 8.72. The van der Waals surface area contributed by atoms with Crippen molar-refractivity contribution in [2.24, 2.45) is 5.14 Å². The molecule has 0 atom stereocenters. The number of primary sulfonamides is 1. The van der Waals surface area contributed by atoms with E-state index in [4.69, 9.17) is 14.6 Å². The van der Waals surface area contributed by atoms with Gasteiger partial charge in [-0.3, -0.25) is 20.4 Å². The Hall–Kier alpha value is -3.11. The van der Waals surface area contributed by atoms with E-state index in [-0.39, 0.29) is 16.0 Å². The standard InChI is InChI=1S/C18H21N3O6S/c1-4-27-14-8-7-12(9-15(14)26-3)17(22)20-21-18(23)13-6-5-11(2)16(10-13)28(19,24)25/h5-10H,4H2,1-3H3,(H,20,22)(H,21,23)(H2,19,24,25). The lowest BCUT2D eigenvalue weighted by atomic mass is 10.1. The average Bonchev–Trinajstić information content (AvgIpc) is 2.65. The molecule has 10 heteroatoms. The van der Waals surface area contributed by atoms with Gasteiger partial charge in [0.1, 0.15) is 0 Å². The highest BCUT2D eigenvalue weighted by molar-refractivity contribution is 7.89. The number of carbonyl (C=O) groups excluding carboxylic acids is 2. The van der Waals surface area contributed by atoms with Crippen LogP contribution in [-0.4, -0.2) is 33.9 Å². The van der Waals surface area contributed by atoms with Crippen LogP contribution in [0.25, 0.3) is 0 Å². The molecule has 0 saturated heterocycles. The summed E-state index contributed by atoms with van der Waals surface area (Å²) in [5, 5.41) is 5.13. The SMILES string of the molecule is CCOc1ccc(C(=O)NNC(=O)c2ccc(C)c(S(N)(=O)=O)c2)cc1OC. The van der Waals surface area contributed by atoms with Gasteiger partial charge in [-0.2, -0.15) is 0 Å². The fraction of sp³-hybridized carbons (Fsp3) is 0.222. The van der Waals surface area contributed by atoms with Crippen molar-refractivity contribution in [3.63, 3.8) is 0 Å². The molecule has 0 aromatic heterocycles. The number of hydrazine groups is 1. The second-order valence-electron chi connectivity index (χ2n) is 5.73. The molecule has 0 spiro atoms. The predicted molar refractivity (Wildman–Crippen MR) is 102 cm³/mol. The van der Waals surface area contributed by atoms with Crippen LogP contribution in [-0.2, 0) is 10.0 Å². The summed E-state index contributed by atoms with van der Waals surface area (Å²) in [6, 6.07) is 8.58. The van der Waals surface area contributed by atoms with Gasteiger partial charge in [0.25, 0.3) is 11.8 Å². The summed E-state index contributed by atoms with van der Waals surface area (Å²) in [6.45, 7) is 3.82. The van der Waals surface area contributed by atoms with Crippen molar-refractivity contribution in [1.82, 2.24) is 10.9 Å². The number of carbonyl (C=O) groups is 2. The van der Waals surface area contributed by atoms with E-state index in [0.29, 0.717) is 23.7 Å². The van der Waals surface area contributed by atoms with Crippen molar-refractivity contribution in [2.45, 2.75) is 18.7 Å². The Morgan fingerprint density at radius 1 is 1.00 bits per heavy atom. The van der Waals surface area contributed by atoms with Crippen molar-refractivity contribution in [1.29, 1.82) is 0 Å². The summed E-state index contributed by atoms with van der Waals surface area (Å²) >= 11 is 0. The van der Waals surface area contributed by atoms with E-state index >= 15 is 0 Å². The van der Waals surface area contributed by atoms with Gasteiger partial charge in [0.05, 0.1) is 18.6 Å². The molecule has 0 saturated carbocycles. The molecule has 28 heavy (non-hydrogen) atoms. The number of amides is 2. The van der Waals surface area contributed by atoms with Crippen LogP contribution in [0.4, 0.5) is 0 Å². The van der Waals surface area contributed by atoms with Crippen molar-refractivity contribution in [2.75, 3.05) is 13.7 Å². The molecule has 0 aliphatic rings. The molecule has 0 aliphatic carbocycles. The predicted octanol–water partition coefficient (Wildman–Crippen LogP) is 1.12. The fourth-order valence-electron chi connectivity index (χ4n) is 2.39. The molecule has 0 unspecified atom stereocenters. The Morgan fingerprint density at radius 2 is 1.57 bits per heavy atom. The quantitative estimate of drug-likeness (QED) is 0.614. The van der Waals surface area contributed by atoms with Crippen molar-refractivity contribution in [3.8, 4) is 11.5 Å². The molecule has 4 N–H and O–H groups in total. The monoisotopic (exact) mass is 407 g/mol. The summed E-state index contributed by atoms with van der Waals surface area (Å²) in [7, 11) is -2.53. The number of methoxy groups -OCH3 is 1. The van der Waals surface area contributed by atoms with Crippen molar-refractivity contribution < 1.29 is 27.5 Å². The number of ether oxygens (including phenoxy) is 2. The van der Waals surface area contributed by atoms with Crippen LogP contribution in [0, 0.1) is 6.92 Å². The molecule has 2 amide bonds. The Balaban J connectivity index is 2.12. The van der Waals surface area contributed by atoms with Crippen molar-refractivity contribution in [3.05, 3.63) is 53.1 Å². The number of sulfonamides is 1. The van der Waals surface area contributed by atoms with Crippen LogP contribution in [0.5, 0.6) is 11.5 Å². The Kier molecular flexibility index (Phi) is 6.60. The molecule has 0 heterocycles. The first-order valence-corrected chi connectivity index (χ1v) is 9.77. The van der Waals surface area contributed by atoms with E-state index in [1.807, 2.05) is 6.92 Å². The number of hydrogen-bond acceptors (Lipinski definition) is 6. The summed E-state index contributed by atoms with van der Waals surface area (Å²) < 4.78 is 33.7. The Labute approximate surface area is 162 Å². The molecule has 150 valence electrons. The highest BCUT2D eigenvalue weighted by atomic mass is 32.2. The Bertz CT molecular complexity index is 1000. The molecular formula is C18H21N3O6S. The first kappa shape index (κ1) is 21.2. The number of rotatable bonds is 6. The van der Waals surface area contributed by atoms with E-state index in [0.717, 1.165) is 6.07 Å². The van der Waals surface area contributed by atoms with Crippen LogP contribution in [0.15, 0.2) is 41.3 Å². The van der Waals surface area contributed by atoms with Gasteiger partial charge in [0, 0.05) is 11.1 Å². The van der Waals surface area contributed by atoms with Gasteiger partial charge < -0.3 is 9.47 Å². The van der Waals surface area contributed by atoms with Gasteiger partial charge in [-0.25, -0.2) is 13.6 Å². The number of hydrogen-bond donors (Lipinski definition) is 3. The van der Waals surface area contributed by atoms with Crippen LogP contribution in [0.1, 0.15) is 33.2 Å². The van der Waals surface area contributed by atoms with E-state index in [1.54, 1.807) is 13.0 Å². The fourth-order valence-corrected chi connectivity index (χ4v) is 3.20. The van der Waals surface area contributed by atoms with E-state index in [1.165, 1.54) is 31.4 Å². The minimum atomic E-state index is -3.97. The molecule has 0 fully saturated rings. The van der Waals surface area contributed by atoms with Gasteiger partial charge in [-0.15, -0.1) is 0 Å². The number of aryl methyl sites for hydroxylation is 1. The lowest BCUT2D eigenvalue weighted by Gasteiger charge is -2.12. The first-order valence-electron chi connectivity index (χ1n) is 8.22. The largest absolute Gasteiger partial charge is 0.493 e. The highest BCUT2D eigenvalue weighted by Crippen LogP contribution is 2.27. The average molecular weight is 407 g/mol. The highest BCUT2D eigenvalue weighted by Gasteiger charge is 2.16. The molecular weight excluding hydrogens is 386 g/mol. The van der Waals surface area contributed by atoms with E-state index in [2.05, 4.69) is 10.9 Å². The van der Waals surface area contributed by atoms with E-state index < -0.39 is 21.8 Å². The summed E-state index contributed by atoms with van der Waals surface area (Å²) in [4.78, 5) is 24.3. The van der Waals surface area contributed by atoms with Crippen LogP contribution >= 0.6 is 0 Å². The normalized spacial score (nSPS) is 10.9.